The number of ether oxygens (including phenoxy) is 2. The third-order valence-corrected chi connectivity index (χ3v) is 6.17. The van der Waals surface area contributed by atoms with Crippen LogP contribution >= 0.6 is 0 Å². The second-order valence-corrected chi connectivity index (χ2v) is 9.12. The summed E-state index contributed by atoms with van der Waals surface area (Å²) < 4.78 is 10.9. The summed E-state index contributed by atoms with van der Waals surface area (Å²) in [6.45, 7) is 3.47. The molecular formula is C28H33N3O8. The Morgan fingerprint density at radius 1 is 0.872 bits per heavy atom. The summed E-state index contributed by atoms with van der Waals surface area (Å²) in [4.78, 5) is 67.6. The van der Waals surface area contributed by atoms with Crippen LogP contribution < -0.4 is 10.6 Å². The molecule has 2 N–H and O–H groups in total. The summed E-state index contributed by atoms with van der Waals surface area (Å²) in [7, 11) is 0. The van der Waals surface area contributed by atoms with Gasteiger partial charge in [0.05, 0.1) is 13.2 Å². The van der Waals surface area contributed by atoms with Crippen LogP contribution in [0.3, 0.4) is 0 Å². The van der Waals surface area contributed by atoms with Gasteiger partial charge in [0.1, 0.15) is 12.6 Å². The number of hydrogen-bond donors (Lipinski definition) is 2. The zero-order valence-electron chi connectivity index (χ0n) is 22.0. The zero-order valence-corrected chi connectivity index (χ0v) is 22.0. The number of nitrogens with one attached hydrogen (secondary N) is 2. The monoisotopic (exact) mass is 539 g/mol. The molecule has 4 amide bonds. The van der Waals surface area contributed by atoms with Crippen molar-refractivity contribution >= 4 is 29.8 Å². The van der Waals surface area contributed by atoms with Crippen LogP contribution in [0.15, 0.2) is 60.7 Å². The highest BCUT2D eigenvalue weighted by Crippen LogP contribution is 2.14. The molecule has 1 aliphatic rings. The molecule has 3 rings (SSSR count). The van der Waals surface area contributed by atoms with Crippen LogP contribution in [-0.2, 0) is 46.7 Å². The highest BCUT2D eigenvalue weighted by molar-refractivity contribution is 6.02. The average Bonchev–Trinajstić information content (AvgIpc) is 3.26. The van der Waals surface area contributed by atoms with Crippen molar-refractivity contribution in [1.82, 2.24) is 15.7 Å². The van der Waals surface area contributed by atoms with E-state index in [2.05, 4.69) is 10.6 Å². The summed E-state index contributed by atoms with van der Waals surface area (Å²) in [5.74, 6) is -3.34. The minimum absolute atomic E-state index is 0.0156. The molecule has 3 atom stereocenters. The van der Waals surface area contributed by atoms with Gasteiger partial charge in [-0.15, -0.1) is 5.06 Å². The fourth-order valence-corrected chi connectivity index (χ4v) is 3.70. The lowest BCUT2D eigenvalue weighted by atomic mass is 9.98. The lowest BCUT2D eigenvalue weighted by molar-refractivity contribution is -0.200. The first-order chi connectivity index (χ1) is 18.8. The van der Waals surface area contributed by atoms with Crippen LogP contribution in [0.2, 0.25) is 0 Å². The van der Waals surface area contributed by atoms with Crippen LogP contribution in [-0.4, -0.2) is 53.5 Å². The molecule has 0 radical (unpaired) electrons. The van der Waals surface area contributed by atoms with Gasteiger partial charge in [-0.3, -0.25) is 14.4 Å². The molecule has 208 valence electrons. The third kappa shape index (κ3) is 8.92. The molecule has 0 aromatic heterocycles. The summed E-state index contributed by atoms with van der Waals surface area (Å²) in [5, 5.41) is 5.52. The number of amides is 4. The van der Waals surface area contributed by atoms with Gasteiger partial charge in [0.2, 0.25) is 5.91 Å². The van der Waals surface area contributed by atoms with Crippen molar-refractivity contribution in [1.29, 1.82) is 0 Å². The Kier molecular flexibility index (Phi) is 11.0. The molecule has 2 aromatic carbocycles. The predicted octanol–water partition coefficient (Wildman–Crippen LogP) is 2.64. The smallest absolute Gasteiger partial charge is 0.408 e. The number of imide groups is 1. The molecule has 11 nitrogen and oxygen atoms in total. The minimum atomic E-state index is -1.36. The van der Waals surface area contributed by atoms with Crippen molar-refractivity contribution in [3.63, 3.8) is 0 Å². The Labute approximate surface area is 226 Å². The van der Waals surface area contributed by atoms with Gasteiger partial charge in [-0.25, -0.2) is 9.59 Å². The Balaban J connectivity index is 1.67. The number of hydroxylamine groups is 2. The van der Waals surface area contributed by atoms with Gasteiger partial charge in [-0.1, -0.05) is 80.9 Å². The molecule has 2 aromatic rings. The summed E-state index contributed by atoms with van der Waals surface area (Å²) in [5.41, 5.74) is 1.61. The maximum absolute atomic E-state index is 13.3. The molecular weight excluding hydrogens is 506 g/mol. The van der Waals surface area contributed by atoms with Gasteiger partial charge in [0.15, 0.2) is 6.04 Å². The van der Waals surface area contributed by atoms with Crippen molar-refractivity contribution in [2.75, 3.05) is 6.61 Å². The van der Waals surface area contributed by atoms with E-state index in [1.165, 1.54) is 0 Å². The van der Waals surface area contributed by atoms with E-state index in [0.717, 1.165) is 11.1 Å². The first kappa shape index (κ1) is 29.3. The second-order valence-electron chi connectivity index (χ2n) is 9.12. The topological polar surface area (TPSA) is 140 Å². The average molecular weight is 540 g/mol. The number of alkyl carbamates (subject to hydrolysis) is 1. The Morgan fingerprint density at radius 2 is 1.44 bits per heavy atom. The van der Waals surface area contributed by atoms with Gasteiger partial charge in [0, 0.05) is 12.8 Å². The number of carbonyl (C=O) groups is 5. The van der Waals surface area contributed by atoms with Gasteiger partial charge in [-0.05, 0) is 17.0 Å². The minimum Gasteiger partial charge on any atom is -0.445 e. The highest BCUT2D eigenvalue weighted by atomic mass is 16.7. The fourth-order valence-electron chi connectivity index (χ4n) is 3.70. The molecule has 39 heavy (non-hydrogen) atoms. The van der Waals surface area contributed by atoms with Gasteiger partial charge in [0.25, 0.3) is 11.8 Å². The fraction of sp³-hybridized carbons (Fsp3) is 0.393. The molecule has 1 saturated heterocycles. The number of benzene rings is 2. The van der Waals surface area contributed by atoms with Gasteiger partial charge < -0.3 is 24.9 Å². The molecule has 1 aliphatic heterocycles. The molecule has 0 bridgehead atoms. The van der Waals surface area contributed by atoms with Crippen molar-refractivity contribution in [3.05, 3.63) is 71.8 Å². The Morgan fingerprint density at radius 3 is 2.00 bits per heavy atom. The predicted molar refractivity (Wildman–Crippen MR) is 138 cm³/mol. The third-order valence-electron chi connectivity index (χ3n) is 6.17. The lowest BCUT2D eigenvalue weighted by Gasteiger charge is -2.26. The Hall–Kier alpha value is -4.25. The lowest BCUT2D eigenvalue weighted by Crippen LogP contribution is -2.56. The zero-order chi connectivity index (χ0) is 28.2. The van der Waals surface area contributed by atoms with Crippen molar-refractivity contribution < 1.29 is 38.3 Å². The number of rotatable bonds is 13. The number of hydrogen-bond acceptors (Lipinski definition) is 8. The first-order valence-corrected chi connectivity index (χ1v) is 12.7. The van der Waals surface area contributed by atoms with E-state index in [4.69, 9.17) is 14.3 Å². The van der Waals surface area contributed by atoms with Crippen LogP contribution in [0, 0.1) is 5.92 Å². The van der Waals surface area contributed by atoms with Crippen LogP contribution in [0.4, 0.5) is 4.79 Å². The van der Waals surface area contributed by atoms with Crippen LogP contribution in [0.5, 0.6) is 0 Å². The van der Waals surface area contributed by atoms with E-state index in [0.29, 0.717) is 11.5 Å². The normalized spacial score (nSPS) is 15.3. The SMILES string of the molecule is CC[C@H](C)[C@H](NC(=O)OCc1ccccc1)C(=O)N[C@@H](COCc1ccccc1)C(=O)ON1C(=O)CCC1=O. The van der Waals surface area contributed by atoms with Crippen LogP contribution in [0.25, 0.3) is 0 Å². The largest absolute Gasteiger partial charge is 0.445 e. The van der Waals surface area contributed by atoms with E-state index >= 15 is 0 Å². The molecule has 11 heteroatoms. The molecule has 1 fully saturated rings. The Bertz CT molecular complexity index is 1130. The van der Waals surface area contributed by atoms with E-state index < -0.39 is 41.9 Å². The summed E-state index contributed by atoms with van der Waals surface area (Å²) >= 11 is 0. The van der Waals surface area contributed by atoms with Crippen molar-refractivity contribution in [3.8, 4) is 0 Å². The molecule has 0 spiro atoms. The highest BCUT2D eigenvalue weighted by Gasteiger charge is 2.37. The second kappa shape index (κ2) is 14.6. The number of carbonyl (C=O) groups excluding carboxylic acids is 5. The van der Waals surface area contributed by atoms with Gasteiger partial charge in [-0.2, -0.15) is 0 Å². The maximum atomic E-state index is 13.3. The summed E-state index contributed by atoms with van der Waals surface area (Å²) in [6, 6.07) is 15.8. The van der Waals surface area contributed by atoms with Crippen molar-refractivity contribution in [2.45, 2.75) is 58.4 Å². The van der Waals surface area contributed by atoms with E-state index in [1.54, 1.807) is 19.1 Å². The maximum Gasteiger partial charge on any atom is 0.408 e. The van der Waals surface area contributed by atoms with Gasteiger partial charge >= 0.3 is 12.1 Å². The van der Waals surface area contributed by atoms with E-state index in [1.807, 2.05) is 55.5 Å². The number of nitrogens with zero attached hydrogens (tertiary/aromatic N) is 1. The molecule has 0 unspecified atom stereocenters. The molecule has 0 aliphatic carbocycles. The van der Waals surface area contributed by atoms with Crippen LogP contribution in [0.1, 0.15) is 44.2 Å². The van der Waals surface area contributed by atoms with Crippen molar-refractivity contribution in [2.24, 2.45) is 5.92 Å². The van der Waals surface area contributed by atoms with E-state index in [9.17, 15) is 24.0 Å². The molecule has 0 saturated carbocycles. The van der Waals surface area contributed by atoms with E-state index in [-0.39, 0.29) is 38.6 Å². The quantitative estimate of drug-likeness (QED) is 0.370. The molecule has 1 heterocycles. The summed E-state index contributed by atoms with van der Waals surface area (Å²) in [6.07, 6.45) is -0.405. The standard InChI is InChI=1S/C28H33N3O8/c1-3-19(2)25(30-28(36)38-17-21-12-8-5-9-13-21)26(34)29-22(18-37-16-20-10-6-4-7-11-20)27(35)39-31-23(32)14-15-24(31)33/h4-13,19,22,25H,3,14-18H2,1-2H3,(H,29,34)(H,30,36)/t19-,22-,25-/m0/s1. The first-order valence-electron chi connectivity index (χ1n) is 12.7.